The predicted octanol–water partition coefficient (Wildman–Crippen LogP) is 0.402. The van der Waals surface area contributed by atoms with Crippen LogP contribution in [0.15, 0.2) is 30.3 Å². The number of nitrogens with zero attached hydrogens (tertiary/aromatic N) is 1. The van der Waals surface area contributed by atoms with Crippen LogP contribution in [0.2, 0.25) is 0 Å². The average molecular weight is 249 g/mol. The van der Waals surface area contributed by atoms with Gasteiger partial charge in [0.05, 0.1) is 0 Å². The number of amides is 1. The molecule has 0 saturated heterocycles. The van der Waals surface area contributed by atoms with Gasteiger partial charge in [0.2, 0.25) is 0 Å². The van der Waals surface area contributed by atoms with Crippen LogP contribution >= 0.6 is 0 Å². The van der Waals surface area contributed by atoms with Crippen LogP contribution in [0, 0.1) is 0 Å². The molecule has 0 bridgehead atoms. The maximum Gasteiger partial charge on any atom is 0.281 e. The van der Waals surface area contributed by atoms with Crippen LogP contribution in [0.25, 0.3) is 0 Å². The highest BCUT2D eigenvalue weighted by Crippen LogP contribution is 2.07. The van der Waals surface area contributed by atoms with Crippen molar-refractivity contribution in [3.8, 4) is 0 Å². The normalized spacial score (nSPS) is 14.3. The van der Waals surface area contributed by atoms with E-state index in [4.69, 9.17) is 9.11 Å². The van der Waals surface area contributed by atoms with Gasteiger partial charge in [0.25, 0.3) is 28.4 Å². The third-order valence-corrected chi connectivity index (χ3v) is 3.13. The molecular weight excluding hydrogens is 242 g/mol. The van der Waals surface area contributed by atoms with Crippen LogP contribution in [0.5, 0.6) is 0 Å². The fourth-order valence-electron chi connectivity index (χ4n) is 0.883. The summed E-state index contributed by atoms with van der Waals surface area (Å²) in [4.78, 5) is 11.4. The van der Waals surface area contributed by atoms with Crippen molar-refractivity contribution in [2.45, 2.75) is 0 Å². The maximum atomic E-state index is 11.4. The Labute approximate surface area is 90.7 Å². The summed E-state index contributed by atoms with van der Waals surface area (Å²) in [5, 5.41) is 0. The van der Waals surface area contributed by atoms with Crippen molar-refractivity contribution in [2.75, 3.05) is 0 Å². The van der Waals surface area contributed by atoms with E-state index in [2.05, 4.69) is 0 Å². The molecule has 1 rings (SSSR count). The standard InChI is InChI=1S/C7H7NO5S2/c9-7(6-4-2-1-3-5-6)8(14(10)11)15(12)13/h1-5H,(H,10,11)(H,12,13). The molecule has 0 saturated carbocycles. The molecule has 0 fully saturated rings. The Balaban J connectivity index is 3.02. The van der Waals surface area contributed by atoms with Gasteiger partial charge < -0.3 is 0 Å². The van der Waals surface area contributed by atoms with E-state index in [0.29, 0.717) is 0 Å². The van der Waals surface area contributed by atoms with Crippen LogP contribution in [-0.4, -0.2) is 27.1 Å². The smallest absolute Gasteiger partial charge is 0.281 e. The zero-order valence-corrected chi connectivity index (χ0v) is 8.90. The summed E-state index contributed by atoms with van der Waals surface area (Å²) in [5.41, 5.74) is 0.0577. The molecule has 0 aliphatic heterocycles. The van der Waals surface area contributed by atoms with Crippen LogP contribution in [0.1, 0.15) is 10.4 Å². The third kappa shape index (κ3) is 2.93. The van der Waals surface area contributed by atoms with E-state index in [0.717, 1.165) is 0 Å². The van der Waals surface area contributed by atoms with Gasteiger partial charge in [-0.2, -0.15) is 0 Å². The van der Waals surface area contributed by atoms with E-state index in [9.17, 15) is 13.2 Å². The zero-order chi connectivity index (χ0) is 11.4. The lowest BCUT2D eigenvalue weighted by molar-refractivity contribution is 0.0919. The molecule has 0 aromatic heterocycles. The average Bonchev–Trinajstić information content (AvgIpc) is 2.18. The Morgan fingerprint density at radius 3 is 1.93 bits per heavy atom. The molecule has 0 aliphatic carbocycles. The molecule has 2 atom stereocenters. The van der Waals surface area contributed by atoms with Crippen LogP contribution in [0.3, 0.4) is 0 Å². The van der Waals surface area contributed by atoms with E-state index in [1.807, 2.05) is 0 Å². The largest absolute Gasteiger partial charge is 0.288 e. The number of benzene rings is 1. The minimum absolute atomic E-state index is 0.0463. The molecule has 0 spiro atoms. The maximum absolute atomic E-state index is 11.4. The van der Waals surface area contributed by atoms with Crippen molar-refractivity contribution in [3.05, 3.63) is 35.9 Å². The summed E-state index contributed by atoms with van der Waals surface area (Å²) in [6, 6.07) is 7.45. The van der Waals surface area contributed by atoms with Gasteiger partial charge in [0, 0.05) is 5.56 Å². The Kier molecular flexibility index (Phi) is 4.09. The number of hydrogen-bond donors (Lipinski definition) is 2. The first kappa shape index (κ1) is 12.0. The van der Waals surface area contributed by atoms with Gasteiger partial charge in [0.1, 0.15) is 0 Å². The number of carbonyl (C=O) groups is 1. The molecule has 6 nitrogen and oxygen atoms in total. The van der Waals surface area contributed by atoms with Crippen LogP contribution < -0.4 is 0 Å². The van der Waals surface area contributed by atoms with Gasteiger partial charge in [-0.1, -0.05) is 18.2 Å². The van der Waals surface area contributed by atoms with E-state index in [1.54, 1.807) is 6.07 Å². The second-order valence-corrected chi connectivity index (χ2v) is 4.27. The summed E-state index contributed by atoms with van der Waals surface area (Å²) in [6.07, 6.45) is 0. The molecular formula is C7H7NO5S2. The van der Waals surface area contributed by atoms with Gasteiger partial charge >= 0.3 is 0 Å². The van der Waals surface area contributed by atoms with Crippen LogP contribution in [0.4, 0.5) is 0 Å². The fraction of sp³-hybridized carbons (Fsp3) is 0. The molecule has 2 unspecified atom stereocenters. The molecule has 2 N–H and O–H groups in total. The molecule has 1 amide bonds. The molecule has 0 radical (unpaired) electrons. The van der Waals surface area contributed by atoms with E-state index < -0.39 is 28.4 Å². The predicted molar refractivity (Wildman–Crippen MR) is 54.2 cm³/mol. The highest BCUT2D eigenvalue weighted by molar-refractivity contribution is 7.93. The zero-order valence-electron chi connectivity index (χ0n) is 7.27. The molecule has 1 aromatic carbocycles. The van der Waals surface area contributed by atoms with Crippen molar-refractivity contribution < 1.29 is 22.3 Å². The minimum Gasteiger partial charge on any atom is -0.288 e. The van der Waals surface area contributed by atoms with Crippen LogP contribution in [-0.2, 0) is 22.5 Å². The molecule has 82 valence electrons. The number of carbonyl (C=O) groups excluding carboxylic acids is 1. The van der Waals surface area contributed by atoms with Gasteiger partial charge in [-0.25, -0.2) is 8.42 Å². The fourth-order valence-corrected chi connectivity index (χ4v) is 1.81. The topological polar surface area (TPSA) is 94.9 Å². The Hall–Kier alpha value is -1.09. The summed E-state index contributed by atoms with van der Waals surface area (Å²) in [7, 11) is 0. The monoisotopic (exact) mass is 249 g/mol. The third-order valence-electron chi connectivity index (χ3n) is 1.47. The van der Waals surface area contributed by atoms with E-state index in [1.165, 1.54) is 24.3 Å². The highest BCUT2D eigenvalue weighted by atomic mass is 32.3. The van der Waals surface area contributed by atoms with Crippen molar-refractivity contribution in [1.29, 1.82) is 0 Å². The second kappa shape index (κ2) is 5.12. The summed E-state index contributed by atoms with van der Waals surface area (Å²) >= 11 is -5.66. The lowest BCUT2D eigenvalue weighted by Gasteiger charge is -2.11. The highest BCUT2D eigenvalue weighted by Gasteiger charge is 2.25. The molecule has 15 heavy (non-hydrogen) atoms. The summed E-state index contributed by atoms with van der Waals surface area (Å²) in [6.45, 7) is 0. The first-order chi connectivity index (χ1) is 7.04. The van der Waals surface area contributed by atoms with E-state index in [-0.39, 0.29) is 9.27 Å². The molecule has 0 heterocycles. The summed E-state index contributed by atoms with van der Waals surface area (Å²) < 4.78 is 38.5. The van der Waals surface area contributed by atoms with Gasteiger partial charge in [-0.15, -0.1) is 3.71 Å². The van der Waals surface area contributed by atoms with Crippen molar-refractivity contribution in [3.63, 3.8) is 0 Å². The quantitative estimate of drug-likeness (QED) is 0.756. The minimum atomic E-state index is -2.83. The summed E-state index contributed by atoms with van der Waals surface area (Å²) in [5.74, 6) is -0.989. The first-order valence-corrected chi connectivity index (χ1v) is 5.78. The van der Waals surface area contributed by atoms with Gasteiger partial charge in [0.15, 0.2) is 0 Å². The Morgan fingerprint density at radius 1 is 1.07 bits per heavy atom. The number of rotatable bonds is 3. The SMILES string of the molecule is O=C(c1ccccc1)N(S(=O)O)S(=O)O. The van der Waals surface area contributed by atoms with E-state index >= 15 is 0 Å². The van der Waals surface area contributed by atoms with Crippen molar-refractivity contribution in [1.82, 2.24) is 3.71 Å². The first-order valence-electron chi connectivity index (χ1n) is 3.65. The van der Waals surface area contributed by atoms with Crippen molar-refractivity contribution >= 4 is 28.4 Å². The number of hydrogen-bond acceptors (Lipinski definition) is 3. The Morgan fingerprint density at radius 2 is 1.53 bits per heavy atom. The lowest BCUT2D eigenvalue weighted by Crippen LogP contribution is -2.33. The molecule has 8 heteroatoms. The van der Waals surface area contributed by atoms with Gasteiger partial charge in [-0.3, -0.25) is 13.9 Å². The molecule has 1 aromatic rings. The van der Waals surface area contributed by atoms with Crippen molar-refractivity contribution in [2.24, 2.45) is 0 Å². The Bertz CT molecular complexity index is 393. The second-order valence-electron chi connectivity index (χ2n) is 2.39. The molecule has 0 aliphatic rings. The lowest BCUT2D eigenvalue weighted by atomic mass is 10.2. The van der Waals surface area contributed by atoms with Gasteiger partial charge in [-0.05, 0) is 12.1 Å².